The Morgan fingerprint density at radius 3 is 2.66 bits per heavy atom. The predicted octanol–water partition coefficient (Wildman–Crippen LogP) is 0.783. The third-order valence-electron chi connectivity index (χ3n) is 6.67. The van der Waals surface area contributed by atoms with Gasteiger partial charge in [0.2, 0.25) is 0 Å². The topological polar surface area (TPSA) is 96.6 Å². The van der Waals surface area contributed by atoms with Crippen molar-refractivity contribution < 1.29 is 29.3 Å². The van der Waals surface area contributed by atoms with Crippen LogP contribution in [0.5, 0.6) is 11.5 Å². The maximum absolute atomic E-state index is 11.7. The zero-order chi connectivity index (χ0) is 18.9. The lowest BCUT2D eigenvalue weighted by atomic mass is 9.53. The first-order chi connectivity index (χ1) is 12.9. The van der Waals surface area contributed by atoms with E-state index in [9.17, 15) is 9.59 Å². The highest BCUT2D eigenvalue weighted by atomic mass is 27.0. The van der Waals surface area contributed by atoms with Gasteiger partial charge in [-0.2, -0.15) is 0 Å². The molecule has 8 heteroatoms. The number of carbonyl (C=O) groups is 2. The van der Waals surface area contributed by atoms with Crippen molar-refractivity contribution in [1.29, 1.82) is 0 Å². The molecule has 2 aliphatic heterocycles. The van der Waals surface area contributed by atoms with Crippen molar-refractivity contribution in [2.75, 3.05) is 13.6 Å². The zero-order valence-electron chi connectivity index (χ0n) is 16.8. The number of hydrogen-bond donors (Lipinski definition) is 0. The molecule has 7 nitrogen and oxygen atoms in total. The number of benzene rings is 1. The van der Waals surface area contributed by atoms with Crippen molar-refractivity contribution in [2.24, 2.45) is 5.92 Å². The quantitative estimate of drug-likeness (QED) is 0.307. The van der Waals surface area contributed by atoms with E-state index in [0.29, 0.717) is 17.5 Å². The summed E-state index contributed by atoms with van der Waals surface area (Å²) in [7, 11) is 2.17. The van der Waals surface area contributed by atoms with Crippen molar-refractivity contribution in [3.63, 3.8) is 0 Å². The van der Waals surface area contributed by atoms with Crippen LogP contribution in [-0.2, 0) is 26.2 Å². The van der Waals surface area contributed by atoms with Gasteiger partial charge in [0.25, 0.3) is 0 Å². The van der Waals surface area contributed by atoms with Gasteiger partial charge in [0.1, 0.15) is 6.10 Å². The number of carbonyl (C=O) groups excluding carboxylic acids is 2. The highest BCUT2D eigenvalue weighted by Crippen LogP contribution is 2.62. The van der Waals surface area contributed by atoms with Gasteiger partial charge in [-0.05, 0) is 44.1 Å². The van der Waals surface area contributed by atoms with Crippen LogP contribution >= 0.6 is 0 Å². The molecule has 29 heavy (non-hydrogen) atoms. The minimum atomic E-state index is -0.439. The lowest BCUT2D eigenvalue weighted by Crippen LogP contribution is -2.65. The van der Waals surface area contributed by atoms with Crippen LogP contribution in [0, 0.1) is 5.92 Å². The lowest BCUT2D eigenvalue weighted by molar-refractivity contribution is -0.152. The van der Waals surface area contributed by atoms with E-state index in [-0.39, 0.29) is 52.2 Å². The highest BCUT2D eigenvalue weighted by molar-refractivity contribution is 5.75. The molecule has 0 unspecified atom stereocenters. The summed E-state index contributed by atoms with van der Waals surface area (Å²) in [6, 6.07) is 4.28. The number of likely N-dealkylation sites (N-methyl/N-ethyl adjacent to an activating group) is 1. The van der Waals surface area contributed by atoms with E-state index in [2.05, 4.69) is 24.1 Å². The van der Waals surface area contributed by atoms with Crippen molar-refractivity contribution in [3.8, 4) is 11.5 Å². The van der Waals surface area contributed by atoms with E-state index in [1.54, 1.807) is 0 Å². The molecule has 5 atom stereocenters. The van der Waals surface area contributed by atoms with Crippen molar-refractivity contribution in [1.82, 2.24) is 4.90 Å². The molecule has 1 saturated heterocycles. The van der Waals surface area contributed by atoms with Crippen LogP contribution in [0.3, 0.4) is 0 Å². The fourth-order valence-electron chi connectivity index (χ4n) is 5.74. The molecule has 1 aromatic rings. The number of ether oxygens (including phenoxy) is 3. The van der Waals surface area contributed by atoms with Crippen LogP contribution in [0.4, 0.5) is 0 Å². The molecule has 153 valence electrons. The lowest BCUT2D eigenvalue weighted by Gasteiger charge is -2.56. The van der Waals surface area contributed by atoms with Crippen LogP contribution in [0.25, 0.3) is 0 Å². The normalized spacial score (nSPS) is 32.8. The van der Waals surface area contributed by atoms with Gasteiger partial charge < -0.3 is 24.6 Å². The molecule has 3 radical (unpaired) electrons. The second kappa shape index (κ2) is 7.44. The number of hydrogen-bond acceptors (Lipinski definition) is 6. The number of esters is 2. The maximum atomic E-state index is 11.7. The van der Waals surface area contributed by atoms with E-state index >= 15 is 0 Å². The van der Waals surface area contributed by atoms with Gasteiger partial charge in [0, 0.05) is 54.1 Å². The molecule has 0 saturated carbocycles. The van der Waals surface area contributed by atoms with Crippen LogP contribution in [0.1, 0.15) is 31.4 Å². The standard InChI is InChI=1S/C21H23NO5.Al.H2O/c1-11(23)25-16-6-4-13-10-15-14-5-7-17(26-12(2)24)20-21(14,8-9-22(15)3)18(13)19(16)27-20;;/h4-7,14-15,17,20H,8-10H2,1-3H3;;1H2/t14-,15+,17-,20-,21-;;/m0../s1. The number of nitrogens with zero attached hydrogens (tertiary/aromatic N) is 1. The summed E-state index contributed by atoms with van der Waals surface area (Å²) in [5.41, 5.74) is 2.15. The summed E-state index contributed by atoms with van der Waals surface area (Å²) >= 11 is 0. The Morgan fingerprint density at radius 1 is 1.21 bits per heavy atom. The largest absolute Gasteiger partial charge is 0.481 e. The van der Waals surface area contributed by atoms with Gasteiger partial charge in [-0.1, -0.05) is 12.1 Å². The summed E-state index contributed by atoms with van der Waals surface area (Å²) in [6.07, 6.45) is 5.31. The molecular formula is C21H25AlNO6. The van der Waals surface area contributed by atoms with Crippen LogP contribution in [0.2, 0.25) is 0 Å². The van der Waals surface area contributed by atoms with Crippen molar-refractivity contribution in [2.45, 2.75) is 50.4 Å². The number of piperidine rings is 1. The summed E-state index contributed by atoms with van der Waals surface area (Å²) in [5.74, 6) is 0.712. The molecule has 5 rings (SSSR count). The third-order valence-corrected chi connectivity index (χ3v) is 6.67. The number of likely N-dealkylation sites (tertiary alicyclic amines) is 1. The van der Waals surface area contributed by atoms with E-state index in [4.69, 9.17) is 14.2 Å². The molecule has 2 heterocycles. The number of rotatable bonds is 2. The minimum Gasteiger partial charge on any atom is -0.481 e. The average Bonchev–Trinajstić information content (AvgIpc) is 2.95. The Labute approximate surface area is 180 Å². The van der Waals surface area contributed by atoms with Crippen molar-refractivity contribution >= 4 is 29.3 Å². The van der Waals surface area contributed by atoms with Gasteiger partial charge in [-0.15, -0.1) is 0 Å². The molecule has 2 aliphatic carbocycles. The fraction of sp³-hybridized carbons (Fsp3) is 0.524. The monoisotopic (exact) mass is 414 g/mol. The highest BCUT2D eigenvalue weighted by Gasteiger charge is 2.65. The molecule has 1 fully saturated rings. The molecule has 4 aliphatic rings. The first-order valence-electron chi connectivity index (χ1n) is 9.49. The molecule has 1 aromatic carbocycles. The molecule has 0 aromatic heterocycles. The van der Waals surface area contributed by atoms with Crippen LogP contribution in [-0.4, -0.2) is 71.5 Å². The minimum absolute atomic E-state index is 0. The second-order valence-corrected chi connectivity index (χ2v) is 8.09. The van der Waals surface area contributed by atoms with Gasteiger partial charge in [-0.3, -0.25) is 9.59 Å². The Hall–Kier alpha value is -1.85. The van der Waals surface area contributed by atoms with Crippen molar-refractivity contribution in [3.05, 3.63) is 35.4 Å². The van der Waals surface area contributed by atoms with Crippen LogP contribution < -0.4 is 9.47 Å². The van der Waals surface area contributed by atoms with Gasteiger partial charge in [0.05, 0.1) is 0 Å². The summed E-state index contributed by atoms with van der Waals surface area (Å²) in [5, 5.41) is 0. The first kappa shape index (κ1) is 21.9. The fourth-order valence-corrected chi connectivity index (χ4v) is 5.74. The zero-order valence-corrected chi connectivity index (χ0v) is 18.0. The van der Waals surface area contributed by atoms with E-state index in [0.717, 1.165) is 24.9 Å². The average molecular weight is 414 g/mol. The Balaban J connectivity index is 0.00000120. The Bertz CT molecular complexity index is 886. The Kier molecular flexibility index (Phi) is 5.61. The third kappa shape index (κ3) is 2.93. The molecule has 1 spiro atoms. The molecule has 2 N–H and O–H groups in total. The van der Waals surface area contributed by atoms with E-state index in [1.165, 1.54) is 19.4 Å². The summed E-state index contributed by atoms with van der Waals surface area (Å²) in [4.78, 5) is 25.7. The maximum Gasteiger partial charge on any atom is 0.308 e. The summed E-state index contributed by atoms with van der Waals surface area (Å²) < 4.78 is 17.5. The summed E-state index contributed by atoms with van der Waals surface area (Å²) in [6.45, 7) is 3.77. The molecule has 0 amide bonds. The van der Waals surface area contributed by atoms with Gasteiger partial charge in [0.15, 0.2) is 17.6 Å². The Morgan fingerprint density at radius 2 is 1.97 bits per heavy atom. The van der Waals surface area contributed by atoms with Crippen LogP contribution in [0.15, 0.2) is 24.3 Å². The van der Waals surface area contributed by atoms with Gasteiger partial charge >= 0.3 is 11.9 Å². The predicted molar refractivity (Wildman–Crippen MR) is 106 cm³/mol. The van der Waals surface area contributed by atoms with E-state index in [1.807, 2.05) is 12.1 Å². The molecular weight excluding hydrogens is 389 g/mol. The SMILES string of the molecule is CC(=O)Oc1ccc2c3c1O[C@H]1[C@@H](OC(C)=O)C=C[C@H]4[C@@H](C2)N(C)CC[C@@]341.O.[Al]. The first-order valence-corrected chi connectivity index (χ1v) is 9.49. The molecule has 2 bridgehead atoms. The van der Waals surface area contributed by atoms with Gasteiger partial charge in [-0.25, -0.2) is 0 Å². The second-order valence-electron chi connectivity index (χ2n) is 8.09. The smallest absolute Gasteiger partial charge is 0.308 e. The van der Waals surface area contributed by atoms with E-state index < -0.39 is 6.10 Å².